The summed E-state index contributed by atoms with van der Waals surface area (Å²) in [7, 11) is 0. The number of halogens is 1. The van der Waals surface area contributed by atoms with Crippen LogP contribution in [-0.2, 0) is 0 Å². The molecule has 5 heteroatoms. The molecule has 1 atom stereocenters. The highest BCUT2D eigenvalue weighted by Gasteiger charge is 2.09. The summed E-state index contributed by atoms with van der Waals surface area (Å²) in [5.41, 5.74) is -0.142. The summed E-state index contributed by atoms with van der Waals surface area (Å²) in [6.45, 7) is 1.47. The van der Waals surface area contributed by atoms with E-state index >= 15 is 0 Å². The molecule has 0 saturated carbocycles. The van der Waals surface area contributed by atoms with E-state index in [2.05, 4.69) is 0 Å². The molecule has 0 spiro atoms. The van der Waals surface area contributed by atoms with E-state index in [1.807, 2.05) is 0 Å². The van der Waals surface area contributed by atoms with Gasteiger partial charge in [0.2, 0.25) is 0 Å². The van der Waals surface area contributed by atoms with Crippen molar-refractivity contribution in [3.05, 3.63) is 29.6 Å². The number of carbonyl (C=O) groups is 1. The highest BCUT2D eigenvalue weighted by Crippen LogP contribution is 2.18. The second kappa shape index (κ2) is 4.75. The van der Waals surface area contributed by atoms with Gasteiger partial charge < -0.3 is 14.9 Å². The molecule has 82 valence electrons. The van der Waals surface area contributed by atoms with Crippen LogP contribution in [0, 0.1) is 5.82 Å². The number of benzene rings is 1. The number of rotatable bonds is 4. The molecule has 0 radical (unpaired) electrons. The second-order valence-electron chi connectivity index (χ2n) is 3.11. The van der Waals surface area contributed by atoms with Crippen LogP contribution in [0.25, 0.3) is 0 Å². The maximum atomic E-state index is 13.2. The van der Waals surface area contributed by atoms with Gasteiger partial charge in [0.05, 0.1) is 11.7 Å². The summed E-state index contributed by atoms with van der Waals surface area (Å²) < 4.78 is 18.1. The molecule has 0 heterocycles. The summed E-state index contributed by atoms with van der Waals surface area (Å²) in [4.78, 5) is 10.5. The van der Waals surface area contributed by atoms with E-state index < -0.39 is 17.9 Å². The molecule has 0 bridgehead atoms. The number of aliphatic hydroxyl groups excluding tert-OH is 1. The van der Waals surface area contributed by atoms with Gasteiger partial charge in [0, 0.05) is 0 Å². The Morgan fingerprint density at radius 2 is 2.27 bits per heavy atom. The van der Waals surface area contributed by atoms with E-state index in [0.29, 0.717) is 0 Å². The molecule has 0 aliphatic rings. The van der Waals surface area contributed by atoms with Crippen LogP contribution in [-0.4, -0.2) is 28.9 Å². The third kappa shape index (κ3) is 3.21. The highest BCUT2D eigenvalue weighted by atomic mass is 19.1. The van der Waals surface area contributed by atoms with E-state index in [1.54, 1.807) is 0 Å². The maximum absolute atomic E-state index is 13.2. The Kier molecular flexibility index (Phi) is 3.62. The van der Waals surface area contributed by atoms with Crippen molar-refractivity contribution in [2.45, 2.75) is 13.0 Å². The third-order valence-corrected chi connectivity index (χ3v) is 1.66. The van der Waals surface area contributed by atoms with Gasteiger partial charge in [0.15, 0.2) is 11.6 Å². The van der Waals surface area contributed by atoms with Gasteiger partial charge in [-0.25, -0.2) is 9.18 Å². The lowest BCUT2D eigenvalue weighted by atomic mass is 10.2. The van der Waals surface area contributed by atoms with Crippen molar-refractivity contribution >= 4 is 5.97 Å². The van der Waals surface area contributed by atoms with Crippen LogP contribution in [0.15, 0.2) is 18.2 Å². The molecule has 0 saturated heterocycles. The standard InChI is InChI=1S/C10H11FO4/c1-6(12)5-15-9-3-2-7(10(13)14)4-8(9)11/h2-4,6,12H,5H2,1H3,(H,13,14). The van der Waals surface area contributed by atoms with Crippen molar-refractivity contribution in [2.24, 2.45) is 0 Å². The number of hydrogen-bond acceptors (Lipinski definition) is 3. The molecule has 0 aromatic heterocycles. The number of aliphatic hydroxyl groups is 1. The lowest BCUT2D eigenvalue weighted by Crippen LogP contribution is -2.13. The van der Waals surface area contributed by atoms with Crippen molar-refractivity contribution in [2.75, 3.05) is 6.61 Å². The summed E-state index contributed by atoms with van der Waals surface area (Å²) in [5.74, 6) is -2.02. The quantitative estimate of drug-likeness (QED) is 0.792. The van der Waals surface area contributed by atoms with Gasteiger partial charge in [-0.05, 0) is 25.1 Å². The number of carboxylic acids is 1. The maximum Gasteiger partial charge on any atom is 0.335 e. The summed E-state index contributed by atoms with van der Waals surface area (Å²) in [6.07, 6.45) is -0.705. The summed E-state index contributed by atoms with van der Waals surface area (Å²) in [6, 6.07) is 3.34. The molecule has 0 aliphatic carbocycles. The Balaban J connectivity index is 2.79. The van der Waals surface area contributed by atoms with Gasteiger partial charge in [-0.3, -0.25) is 0 Å². The van der Waals surface area contributed by atoms with Gasteiger partial charge in [0.1, 0.15) is 6.61 Å². The minimum atomic E-state index is -1.20. The van der Waals surface area contributed by atoms with E-state index in [4.69, 9.17) is 14.9 Å². The molecule has 1 aromatic carbocycles. The zero-order chi connectivity index (χ0) is 11.4. The van der Waals surface area contributed by atoms with Crippen molar-refractivity contribution in [3.8, 4) is 5.75 Å². The van der Waals surface area contributed by atoms with E-state index in [0.717, 1.165) is 6.07 Å². The molecule has 2 N–H and O–H groups in total. The number of carboxylic acid groups (broad SMARTS) is 1. The zero-order valence-electron chi connectivity index (χ0n) is 8.11. The van der Waals surface area contributed by atoms with Crippen molar-refractivity contribution < 1.29 is 24.1 Å². The fourth-order valence-corrected chi connectivity index (χ4v) is 0.961. The third-order valence-electron chi connectivity index (χ3n) is 1.66. The van der Waals surface area contributed by atoms with Gasteiger partial charge in [-0.1, -0.05) is 0 Å². The van der Waals surface area contributed by atoms with Crippen molar-refractivity contribution in [1.82, 2.24) is 0 Å². The molecule has 0 amide bonds. The number of ether oxygens (including phenoxy) is 1. The number of aromatic carboxylic acids is 1. The topological polar surface area (TPSA) is 66.8 Å². The van der Waals surface area contributed by atoms with E-state index in [1.165, 1.54) is 19.1 Å². The molecule has 1 unspecified atom stereocenters. The molecule has 15 heavy (non-hydrogen) atoms. The first-order valence-corrected chi connectivity index (χ1v) is 4.34. The average molecular weight is 214 g/mol. The first kappa shape index (κ1) is 11.5. The van der Waals surface area contributed by atoms with Gasteiger partial charge in [0.25, 0.3) is 0 Å². The normalized spacial score (nSPS) is 12.2. The van der Waals surface area contributed by atoms with Crippen LogP contribution in [0.5, 0.6) is 5.75 Å². The molecule has 0 fully saturated rings. The minimum absolute atomic E-state index is 0.0384. The van der Waals surface area contributed by atoms with E-state index in [9.17, 15) is 9.18 Å². The first-order valence-electron chi connectivity index (χ1n) is 4.34. The average Bonchev–Trinajstić information content (AvgIpc) is 2.15. The largest absolute Gasteiger partial charge is 0.488 e. The molecule has 4 nitrogen and oxygen atoms in total. The Hall–Kier alpha value is -1.62. The highest BCUT2D eigenvalue weighted by molar-refractivity contribution is 5.87. The molecule has 1 aromatic rings. The Morgan fingerprint density at radius 1 is 1.60 bits per heavy atom. The fourth-order valence-electron chi connectivity index (χ4n) is 0.961. The van der Waals surface area contributed by atoms with E-state index in [-0.39, 0.29) is 17.9 Å². The molecule has 0 aliphatic heterocycles. The van der Waals surface area contributed by atoms with Gasteiger partial charge in [-0.15, -0.1) is 0 Å². The van der Waals surface area contributed by atoms with Crippen LogP contribution in [0.1, 0.15) is 17.3 Å². The SMILES string of the molecule is CC(O)COc1ccc(C(=O)O)cc1F. The van der Waals surface area contributed by atoms with Crippen LogP contribution < -0.4 is 4.74 Å². The van der Waals surface area contributed by atoms with Gasteiger partial charge in [-0.2, -0.15) is 0 Å². The van der Waals surface area contributed by atoms with Crippen molar-refractivity contribution in [1.29, 1.82) is 0 Å². The van der Waals surface area contributed by atoms with Crippen molar-refractivity contribution in [3.63, 3.8) is 0 Å². The summed E-state index contributed by atoms with van der Waals surface area (Å²) in [5, 5.41) is 17.5. The first-order chi connectivity index (χ1) is 7.00. The van der Waals surface area contributed by atoms with Crippen LogP contribution >= 0.6 is 0 Å². The van der Waals surface area contributed by atoms with Crippen LogP contribution in [0.4, 0.5) is 4.39 Å². The lowest BCUT2D eigenvalue weighted by Gasteiger charge is -2.08. The van der Waals surface area contributed by atoms with Crippen LogP contribution in [0.3, 0.4) is 0 Å². The lowest BCUT2D eigenvalue weighted by molar-refractivity contribution is 0.0696. The number of hydrogen-bond donors (Lipinski definition) is 2. The zero-order valence-corrected chi connectivity index (χ0v) is 8.11. The summed E-state index contributed by atoms with van der Waals surface area (Å²) >= 11 is 0. The second-order valence-corrected chi connectivity index (χ2v) is 3.11. The predicted molar refractivity (Wildman–Crippen MR) is 50.5 cm³/mol. The Bertz CT molecular complexity index is 362. The van der Waals surface area contributed by atoms with Crippen LogP contribution in [0.2, 0.25) is 0 Å². The Labute approximate surface area is 85.9 Å². The molecule has 1 rings (SSSR count). The predicted octanol–water partition coefficient (Wildman–Crippen LogP) is 1.28. The van der Waals surface area contributed by atoms with Gasteiger partial charge >= 0.3 is 5.97 Å². The Morgan fingerprint density at radius 3 is 2.73 bits per heavy atom. The fraction of sp³-hybridized carbons (Fsp3) is 0.300. The monoisotopic (exact) mass is 214 g/mol. The molecular weight excluding hydrogens is 203 g/mol. The molecular formula is C10H11FO4. The minimum Gasteiger partial charge on any atom is -0.488 e. The smallest absolute Gasteiger partial charge is 0.335 e.